The van der Waals surface area contributed by atoms with Gasteiger partial charge in [-0.2, -0.15) is 17.0 Å². The van der Waals surface area contributed by atoms with Gasteiger partial charge in [0.25, 0.3) is 10.2 Å². The van der Waals surface area contributed by atoms with Gasteiger partial charge in [0, 0.05) is 44.9 Å². The van der Waals surface area contributed by atoms with Crippen LogP contribution in [0.15, 0.2) is 0 Å². The summed E-state index contributed by atoms with van der Waals surface area (Å²) in [4.78, 5) is 24.3. The first kappa shape index (κ1) is 21.6. The summed E-state index contributed by atoms with van der Waals surface area (Å²) in [6.45, 7) is 3.14. The third-order valence-electron chi connectivity index (χ3n) is 6.78. The fraction of sp³-hybridized carbons (Fsp3) is 0.762. The molecule has 2 fully saturated rings. The monoisotopic (exact) mass is 435 g/mol. The molecule has 9 heteroatoms. The fourth-order valence-corrected chi connectivity index (χ4v) is 6.35. The first-order valence-electron chi connectivity index (χ1n) is 11.2. The lowest BCUT2D eigenvalue weighted by Gasteiger charge is -2.34. The summed E-state index contributed by atoms with van der Waals surface area (Å²) in [6.07, 6.45) is 8.69. The molecule has 1 aromatic heterocycles. The van der Waals surface area contributed by atoms with E-state index in [1.54, 1.807) is 14.1 Å². The number of anilines is 1. The van der Waals surface area contributed by atoms with Gasteiger partial charge in [-0.25, -0.2) is 9.97 Å². The van der Waals surface area contributed by atoms with Crippen LogP contribution in [-0.2, 0) is 21.4 Å². The standard InChI is InChI=1S/C21H33N5O3S/c1-15-17-11-12-19(27)25(14-16-8-5-4-6-9-16)21(17)23-20(22-15)18-10-7-13-26(18)30(28,29)24(2)3/h16,18H,4-14H2,1-3H3. The molecule has 0 radical (unpaired) electrons. The molecule has 3 aliphatic rings. The largest absolute Gasteiger partial charge is 0.296 e. The summed E-state index contributed by atoms with van der Waals surface area (Å²) >= 11 is 0. The zero-order valence-electron chi connectivity index (χ0n) is 18.3. The number of hydrogen-bond donors (Lipinski definition) is 0. The first-order valence-corrected chi connectivity index (χ1v) is 12.6. The van der Waals surface area contributed by atoms with Crippen molar-refractivity contribution in [3.63, 3.8) is 0 Å². The van der Waals surface area contributed by atoms with E-state index in [4.69, 9.17) is 9.97 Å². The van der Waals surface area contributed by atoms with Gasteiger partial charge in [0.1, 0.15) is 11.6 Å². The van der Waals surface area contributed by atoms with Crippen molar-refractivity contribution in [2.45, 2.75) is 70.8 Å². The van der Waals surface area contributed by atoms with Crippen LogP contribution in [0.2, 0.25) is 0 Å². The van der Waals surface area contributed by atoms with Gasteiger partial charge >= 0.3 is 0 Å². The highest BCUT2D eigenvalue weighted by Crippen LogP contribution is 2.37. The van der Waals surface area contributed by atoms with Crippen LogP contribution in [0, 0.1) is 12.8 Å². The Morgan fingerprint density at radius 2 is 1.77 bits per heavy atom. The molecular formula is C21H33N5O3S. The van der Waals surface area contributed by atoms with Gasteiger partial charge in [-0.1, -0.05) is 19.3 Å². The summed E-state index contributed by atoms with van der Waals surface area (Å²) in [5, 5.41) is 0. The van der Waals surface area contributed by atoms with Crippen LogP contribution in [0.5, 0.6) is 0 Å². The van der Waals surface area contributed by atoms with Crippen molar-refractivity contribution in [1.29, 1.82) is 0 Å². The van der Waals surface area contributed by atoms with Gasteiger partial charge < -0.3 is 0 Å². The van der Waals surface area contributed by atoms with Crippen LogP contribution in [0.4, 0.5) is 5.82 Å². The minimum Gasteiger partial charge on any atom is -0.296 e. The zero-order valence-corrected chi connectivity index (χ0v) is 19.1. The molecule has 1 unspecified atom stereocenters. The van der Waals surface area contributed by atoms with Crippen molar-refractivity contribution in [3.05, 3.63) is 17.1 Å². The normalized spacial score (nSPS) is 23.9. The second kappa shape index (κ2) is 8.51. The smallest absolute Gasteiger partial charge is 0.282 e. The minimum absolute atomic E-state index is 0.126. The molecule has 0 aromatic carbocycles. The van der Waals surface area contributed by atoms with Crippen molar-refractivity contribution in [2.24, 2.45) is 5.92 Å². The summed E-state index contributed by atoms with van der Waals surface area (Å²) in [7, 11) is -0.449. The molecule has 1 aromatic rings. The maximum absolute atomic E-state index is 12.8. The van der Waals surface area contributed by atoms with Crippen LogP contribution >= 0.6 is 0 Å². The van der Waals surface area contributed by atoms with Gasteiger partial charge in [-0.3, -0.25) is 9.69 Å². The molecule has 1 saturated carbocycles. The molecule has 4 rings (SSSR count). The van der Waals surface area contributed by atoms with E-state index in [1.807, 2.05) is 11.8 Å². The maximum Gasteiger partial charge on any atom is 0.282 e. The van der Waals surface area contributed by atoms with Crippen molar-refractivity contribution in [3.8, 4) is 0 Å². The van der Waals surface area contributed by atoms with E-state index in [2.05, 4.69) is 0 Å². The summed E-state index contributed by atoms with van der Waals surface area (Å²) in [6, 6.07) is -0.380. The third kappa shape index (κ3) is 3.99. The van der Waals surface area contributed by atoms with E-state index in [0.717, 1.165) is 30.5 Å². The highest BCUT2D eigenvalue weighted by atomic mass is 32.2. The predicted molar refractivity (Wildman–Crippen MR) is 115 cm³/mol. The molecule has 1 amide bonds. The Bertz CT molecular complexity index is 911. The van der Waals surface area contributed by atoms with E-state index in [9.17, 15) is 13.2 Å². The van der Waals surface area contributed by atoms with Crippen LogP contribution in [-0.4, -0.2) is 60.1 Å². The molecule has 8 nitrogen and oxygen atoms in total. The molecule has 1 atom stereocenters. The average molecular weight is 436 g/mol. The molecule has 0 spiro atoms. The Kier molecular flexibility index (Phi) is 6.14. The number of carbonyl (C=O) groups excluding carboxylic acids is 1. The van der Waals surface area contributed by atoms with E-state index in [0.29, 0.717) is 49.9 Å². The number of rotatable bonds is 5. The predicted octanol–water partition coefficient (Wildman–Crippen LogP) is 2.59. The Morgan fingerprint density at radius 1 is 1.03 bits per heavy atom. The molecule has 1 aliphatic carbocycles. The van der Waals surface area contributed by atoms with Crippen LogP contribution in [0.3, 0.4) is 0 Å². The second-order valence-electron chi connectivity index (χ2n) is 9.04. The lowest BCUT2D eigenvalue weighted by atomic mass is 9.88. The quantitative estimate of drug-likeness (QED) is 0.709. The Labute approximate surface area is 179 Å². The van der Waals surface area contributed by atoms with Crippen LogP contribution in [0.1, 0.15) is 74.5 Å². The number of fused-ring (bicyclic) bond motifs is 1. The number of carbonyl (C=O) groups is 1. The van der Waals surface area contributed by atoms with E-state index >= 15 is 0 Å². The van der Waals surface area contributed by atoms with E-state index in [1.165, 1.54) is 27.9 Å². The van der Waals surface area contributed by atoms with Crippen molar-refractivity contribution >= 4 is 21.9 Å². The highest BCUT2D eigenvalue weighted by Gasteiger charge is 2.39. The van der Waals surface area contributed by atoms with Crippen molar-refractivity contribution in [1.82, 2.24) is 18.6 Å². The second-order valence-corrected chi connectivity index (χ2v) is 11.1. The van der Waals surface area contributed by atoms with E-state index < -0.39 is 10.2 Å². The highest BCUT2D eigenvalue weighted by molar-refractivity contribution is 7.86. The molecule has 0 bridgehead atoms. The maximum atomic E-state index is 12.8. The molecule has 3 heterocycles. The molecule has 0 N–H and O–H groups in total. The molecular weight excluding hydrogens is 402 g/mol. The third-order valence-corrected chi connectivity index (χ3v) is 8.73. The topological polar surface area (TPSA) is 86.7 Å². The van der Waals surface area contributed by atoms with Crippen LogP contribution < -0.4 is 4.90 Å². The number of hydrogen-bond acceptors (Lipinski definition) is 5. The summed E-state index contributed by atoms with van der Waals surface area (Å²) < 4.78 is 28.4. The number of aryl methyl sites for hydroxylation is 1. The first-order chi connectivity index (χ1) is 14.3. The van der Waals surface area contributed by atoms with Crippen LogP contribution in [0.25, 0.3) is 0 Å². The van der Waals surface area contributed by atoms with Crippen molar-refractivity contribution < 1.29 is 13.2 Å². The van der Waals surface area contributed by atoms with Gasteiger partial charge in [-0.05, 0) is 44.9 Å². The molecule has 166 valence electrons. The molecule has 2 aliphatic heterocycles. The fourth-order valence-electron chi connectivity index (χ4n) is 5.05. The van der Waals surface area contributed by atoms with Gasteiger partial charge in [0.15, 0.2) is 0 Å². The Hall–Kier alpha value is -1.58. The SMILES string of the molecule is Cc1nc(C2CCCN2S(=O)(=O)N(C)C)nc2c1CCC(=O)N2CC1CCCCC1. The van der Waals surface area contributed by atoms with E-state index in [-0.39, 0.29) is 11.9 Å². The Morgan fingerprint density at radius 3 is 2.47 bits per heavy atom. The van der Waals surface area contributed by atoms with Crippen molar-refractivity contribution in [2.75, 3.05) is 32.1 Å². The molecule has 1 saturated heterocycles. The average Bonchev–Trinajstić information content (AvgIpc) is 3.21. The lowest BCUT2D eigenvalue weighted by Crippen LogP contribution is -2.42. The molecule has 30 heavy (non-hydrogen) atoms. The minimum atomic E-state index is -3.55. The number of aromatic nitrogens is 2. The lowest BCUT2D eigenvalue weighted by molar-refractivity contribution is -0.119. The summed E-state index contributed by atoms with van der Waals surface area (Å²) in [5.74, 6) is 1.89. The summed E-state index contributed by atoms with van der Waals surface area (Å²) in [5.41, 5.74) is 1.90. The number of nitrogens with zero attached hydrogens (tertiary/aromatic N) is 5. The van der Waals surface area contributed by atoms with Gasteiger partial charge in [0.05, 0.1) is 6.04 Å². The Balaban J connectivity index is 1.69. The number of amides is 1. The van der Waals surface area contributed by atoms with Gasteiger partial charge in [0.2, 0.25) is 5.91 Å². The van der Waals surface area contributed by atoms with Gasteiger partial charge in [-0.15, -0.1) is 0 Å². The zero-order chi connectivity index (χ0) is 21.5.